The molecule has 3 heterocycles. The lowest BCUT2D eigenvalue weighted by Crippen LogP contribution is -2.46. The number of carbonyl (C=O) groups excluding carboxylic acids is 1. The number of nitrogens with one attached hydrogen (secondary N) is 1. The fourth-order valence-corrected chi connectivity index (χ4v) is 3.53. The van der Waals surface area contributed by atoms with Crippen LogP contribution in [0.2, 0.25) is 0 Å². The number of pyridine rings is 2. The Balaban J connectivity index is 1.60. The molecule has 0 radical (unpaired) electrons. The predicted octanol–water partition coefficient (Wildman–Crippen LogP) is 2.75. The van der Waals surface area contributed by atoms with Crippen molar-refractivity contribution in [2.75, 3.05) is 32.8 Å². The van der Waals surface area contributed by atoms with Crippen molar-refractivity contribution in [1.82, 2.24) is 20.2 Å². The highest BCUT2D eigenvalue weighted by atomic mass is 16.5. The van der Waals surface area contributed by atoms with Crippen LogP contribution in [0, 0.1) is 0 Å². The fourth-order valence-electron chi connectivity index (χ4n) is 3.53. The van der Waals surface area contributed by atoms with Crippen molar-refractivity contribution in [1.29, 1.82) is 0 Å². The number of amides is 1. The van der Waals surface area contributed by atoms with Crippen LogP contribution in [0.3, 0.4) is 0 Å². The molecule has 1 fully saturated rings. The van der Waals surface area contributed by atoms with Gasteiger partial charge in [0.05, 0.1) is 35.7 Å². The minimum atomic E-state index is -0.0865. The zero-order valence-corrected chi connectivity index (χ0v) is 16.0. The zero-order chi connectivity index (χ0) is 19.3. The van der Waals surface area contributed by atoms with Gasteiger partial charge < -0.3 is 10.1 Å². The smallest absolute Gasteiger partial charge is 0.252 e. The molecule has 0 bridgehead atoms. The summed E-state index contributed by atoms with van der Waals surface area (Å²) in [5.74, 6) is -0.0865. The molecule has 144 valence electrons. The molecule has 1 atom stereocenters. The van der Waals surface area contributed by atoms with Crippen molar-refractivity contribution in [2.45, 2.75) is 13.0 Å². The van der Waals surface area contributed by atoms with Gasteiger partial charge in [-0.05, 0) is 31.2 Å². The lowest BCUT2D eigenvalue weighted by molar-refractivity contribution is 0.0342. The Hall–Kier alpha value is -2.83. The van der Waals surface area contributed by atoms with Crippen molar-refractivity contribution >= 4 is 16.8 Å². The number of nitrogens with zero attached hydrogens (tertiary/aromatic N) is 3. The van der Waals surface area contributed by atoms with Gasteiger partial charge >= 0.3 is 0 Å². The summed E-state index contributed by atoms with van der Waals surface area (Å²) >= 11 is 0. The minimum Gasteiger partial charge on any atom is -0.379 e. The molecule has 28 heavy (non-hydrogen) atoms. The van der Waals surface area contributed by atoms with Crippen LogP contribution in [-0.4, -0.2) is 59.7 Å². The molecule has 0 aliphatic carbocycles. The number of rotatable bonds is 5. The van der Waals surface area contributed by atoms with Crippen molar-refractivity contribution in [3.8, 4) is 11.4 Å². The van der Waals surface area contributed by atoms with Gasteiger partial charge in [0.15, 0.2) is 0 Å². The van der Waals surface area contributed by atoms with Gasteiger partial charge in [-0.25, -0.2) is 4.98 Å². The SMILES string of the molecule is C[C@@H](CN1CCOCC1)NC(=O)c1cc(-c2ccccn2)nc2ccccc12. The van der Waals surface area contributed by atoms with Crippen LogP contribution < -0.4 is 5.32 Å². The van der Waals surface area contributed by atoms with E-state index in [0.717, 1.165) is 49.4 Å². The van der Waals surface area contributed by atoms with Crippen molar-refractivity contribution < 1.29 is 9.53 Å². The van der Waals surface area contributed by atoms with Crippen molar-refractivity contribution in [2.24, 2.45) is 0 Å². The maximum atomic E-state index is 13.1. The highest BCUT2D eigenvalue weighted by molar-refractivity contribution is 6.07. The third-order valence-electron chi connectivity index (χ3n) is 4.90. The maximum absolute atomic E-state index is 13.1. The highest BCUT2D eigenvalue weighted by Gasteiger charge is 2.18. The monoisotopic (exact) mass is 376 g/mol. The third-order valence-corrected chi connectivity index (χ3v) is 4.90. The van der Waals surface area contributed by atoms with Gasteiger partial charge in [0, 0.05) is 37.3 Å². The quantitative estimate of drug-likeness (QED) is 0.742. The second kappa shape index (κ2) is 8.46. The molecule has 1 saturated heterocycles. The van der Waals surface area contributed by atoms with Gasteiger partial charge in [-0.2, -0.15) is 0 Å². The van der Waals surface area contributed by atoms with Crippen LogP contribution in [0.4, 0.5) is 0 Å². The molecule has 1 aliphatic heterocycles. The highest BCUT2D eigenvalue weighted by Crippen LogP contribution is 2.23. The summed E-state index contributed by atoms with van der Waals surface area (Å²) in [5, 5.41) is 3.99. The first-order chi connectivity index (χ1) is 13.7. The Bertz CT molecular complexity index is 955. The maximum Gasteiger partial charge on any atom is 0.252 e. The van der Waals surface area contributed by atoms with E-state index in [1.54, 1.807) is 6.20 Å². The van der Waals surface area contributed by atoms with Crippen LogP contribution in [0.5, 0.6) is 0 Å². The summed E-state index contributed by atoms with van der Waals surface area (Å²) in [7, 11) is 0. The molecule has 6 nitrogen and oxygen atoms in total. The van der Waals surface area contributed by atoms with E-state index < -0.39 is 0 Å². The predicted molar refractivity (Wildman–Crippen MR) is 109 cm³/mol. The number of fused-ring (bicyclic) bond motifs is 1. The second-order valence-electron chi connectivity index (χ2n) is 7.07. The third kappa shape index (κ3) is 4.18. The average Bonchev–Trinajstić information content (AvgIpc) is 2.74. The molecule has 1 aliphatic rings. The van der Waals surface area contributed by atoms with E-state index in [-0.39, 0.29) is 11.9 Å². The molecule has 0 saturated carbocycles. The molecule has 1 amide bonds. The number of benzene rings is 1. The molecule has 4 rings (SSSR count). The summed E-state index contributed by atoms with van der Waals surface area (Å²) < 4.78 is 5.39. The average molecular weight is 376 g/mol. The Morgan fingerprint density at radius 3 is 2.71 bits per heavy atom. The number of morpholine rings is 1. The van der Waals surface area contributed by atoms with Crippen LogP contribution >= 0.6 is 0 Å². The van der Waals surface area contributed by atoms with Crippen molar-refractivity contribution in [3.63, 3.8) is 0 Å². The van der Waals surface area contributed by atoms with E-state index >= 15 is 0 Å². The molecule has 0 spiro atoms. The molecule has 0 unspecified atom stereocenters. The number of ether oxygens (including phenoxy) is 1. The van der Waals surface area contributed by atoms with E-state index in [9.17, 15) is 4.79 Å². The summed E-state index contributed by atoms with van der Waals surface area (Å²) in [6.45, 7) is 6.16. The second-order valence-corrected chi connectivity index (χ2v) is 7.07. The van der Waals surface area contributed by atoms with E-state index in [0.29, 0.717) is 11.3 Å². The molecular weight excluding hydrogens is 352 g/mol. The minimum absolute atomic E-state index is 0.0378. The first-order valence-corrected chi connectivity index (χ1v) is 9.63. The van der Waals surface area contributed by atoms with Crippen LogP contribution in [0.25, 0.3) is 22.3 Å². The van der Waals surface area contributed by atoms with E-state index in [1.807, 2.05) is 55.5 Å². The Morgan fingerprint density at radius 1 is 1.14 bits per heavy atom. The van der Waals surface area contributed by atoms with E-state index in [4.69, 9.17) is 9.72 Å². The number of hydrogen-bond acceptors (Lipinski definition) is 5. The van der Waals surface area contributed by atoms with Crippen LogP contribution in [-0.2, 0) is 4.74 Å². The summed E-state index contributed by atoms with van der Waals surface area (Å²) in [6, 6.07) is 15.3. The molecule has 6 heteroatoms. The molecule has 1 aromatic carbocycles. The zero-order valence-electron chi connectivity index (χ0n) is 16.0. The summed E-state index contributed by atoms with van der Waals surface area (Å²) in [6.07, 6.45) is 1.73. The molecular formula is C22H24N4O2. The van der Waals surface area contributed by atoms with Gasteiger partial charge in [0.2, 0.25) is 0 Å². The summed E-state index contributed by atoms with van der Waals surface area (Å²) in [5.41, 5.74) is 2.87. The van der Waals surface area contributed by atoms with Gasteiger partial charge in [-0.1, -0.05) is 24.3 Å². The standard InChI is InChI=1S/C22H24N4O2/c1-16(15-26-10-12-28-13-11-26)24-22(27)18-14-21(20-8-4-5-9-23-20)25-19-7-3-2-6-17(18)19/h2-9,14,16H,10-13,15H2,1H3,(H,24,27)/t16-/m0/s1. The van der Waals surface area contributed by atoms with Crippen LogP contribution in [0.1, 0.15) is 17.3 Å². The topological polar surface area (TPSA) is 67.3 Å². The Kier molecular flexibility index (Phi) is 5.60. The number of para-hydroxylation sites is 1. The Morgan fingerprint density at radius 2 is 1.93 bits per heavy atom. The first kappa shape index (κ1) is 18.5. The van der Waals surface area contributed by atoms with Crippen molar-refractivity contribution in [3.05, 3.63) is 60.3 Å². The normalized spacial score (nSPS) is 16.0. The number of hydrogen-bond donors (Lipinski definition) is 1. The van der Waals surface area contributed by atoms with E-state index in [2.05, 4.69) is 15.2 Å². The largest absolute Gasteiger partial charge is 0.379 e. The number of carbonyl (C=O) groups is 1. The van der Waals surface area contributed by atoms with E-state index in [1.165, 1.54) is 0 Å². The summed E-state index contributed by atoms with van der Waals surface area (Å²) in [4.78, 5) is 24.5. The lowest BCUT2D eigenvalue weighted by Gasteiger charge is -2.29. The van der Waals surface area contributed by atoms with Gasteiger partial charge in [-0.3, -0.25) is 14.7 Å². The van der Waals surface area contributed by atoms with Crippen LogP contribution in [0.15, 0.2) is 54.7 Å². The fraction of sp³-hybridized carbons (Fsp3) is 0.318. The van der Waals surface area contributed by atoms with Gasteiger partial charge in [-0.15, -0.1) is 0 Å². The van der Waals surface area contributed by atoms with Gasteiger partial charge in [0.25, 0.3) is 5.91 Å². The molecule has 3 aromatic rings. The van der Waals surface area contributed by atoms with Gasteiger partial charge in [0.1, 0.15) is 0 Å². The lowest BCUT2D eigenvalue weighted by atomic mass is 10.1. The number of aromatic nitrogens is 2. The Labute approximate surface area is 164 Å². The molecule has 2 aromatic heterocycles. The first-order valence-electron chi connectivity index (χ1n) is 9.63. The molecule has 1 N–H and O–H groups in total.